The highest BCUT2D eigenvalue weighted by molar-refractivity contribution is 7.91. The normalized spacial score (nSPS) is 17.3. The lowest BCUT2D eigenvalue weighted by atomic mass is 10.2. The van der Waals surface area contributed by atoms with Crippen LogP contribution in [-0.4, -0.2) is 66.9 Å². The van der Waals surface area contributed by atoms with Gasteiger partial charge in [-0.25, -0.2) is 18.4 Å². The van der Waals surface area contributed by atoms with Gasteiger partial charge in [0, 0.05) is 31.6 Å². The van der Waals surface area contributed by atoms with E-state index in [9.17, 15) is 8.42 Å². The number of nitrogens with one attached hydrogen (secondary N) is 3. The first-order chi connectivity index (χ1) is 11.9. The molecule has 1 aromatic heterocycles. The summed E-state index contributed by atoms with van der Waals surface area (Å²) in [6, 6.07) is 7.75. The van der Waals surface area contributed by atoms with Crippen LogP contribution < -0.4 is 10.6 Å². The van der Waals surface area contributed by atoms with E-state index in [1.807, 2.05) is 31.2 Å². The van der Waals surface area contributed by atoms with Gasteiger partial charge >= 0.3 is 0 Å². The second-order valence-electron chi connectivity index (χ2n) is 6.07. The predicted molar refractivity (Wildman–Crippen MR) is 98.7 cm³/mol. The minimum atomic E-state index is -2.85. The number of sulfone groups is 1. The summed E-state index contributed by atoms with van der Waals surface area (Å²) >= 11 is 0. The first-order valence-corrected chi connectivity index (χ1v) is 10.0. The van der Waals surface area contributed by atoms with E-state index in [1.165, 1.54) is 0 Å². The van der Waals surface area contributed by atoms with Gasteiger partial charge in [-0.05, 0) is 13.0 Å². The van der Waals surface area contributed by atoms with Crippen molar-refractivity contribution in [2.24, 2.45) is 0 Å². The number of aryl methyl sites for hydroxylation is 1. The van der Waals surface area contributed by atoms with Crippen molar-refractivity contribution in [1.82, 2.24) is 20.2 Å². The van der Waals surface area contributed by atoms with Gasteiger partial charge in [-0.2, -0.15) is 0 Å². The molecule has 0 amide bonds. The SMILES string of the molecule is Cc1nc(NC(=N)NCCN2CCS(=O)(=O)CC2)nc2ccccc12. The Bertz CT molecular complexity index is 869. The quantitative estimate of drug-likeness (QED) is 0.539. The highest BCUT2D eigenvalue weighted by atomic mass is 32.2. The average Bonchev–Trinajstić information content (AvgIpc) is 2.56. The Hall–Kier alpha value is -2.26. The molecule has 0 bridgehead atoms. The average molecular weight is 362 g/mol. The van der Waals surface area contributed by atoms with E-state index in [4.69, 9.17) is 5.41 Å². The molecule has 0 radical (unpaired) electrons. The van der Waals surface area contributed by atoms with E-state index >= 15 is 0 Å². The third-order valence-electron chi connectivity index (χ3n) is 4.20. The van der Waals surface area contributed by atoms with E-state index < -0.39 is 9.84 Å². The van der Waals surface area contributed by atoms with Crippen molar-refractivity contribution in [1.29, 1.82) is 5.41 Å². The third-order valence-corrected chi connectivity index (χ3v) is 5.81. The van der Waals surface area contributed by atoms with Crippen molar-refractivity contribution in [2.75, 3.05) is 43.0 Å². The lowest BCUT2D eigenvalue weighted by Gasteiger charge is -2.26. The van der Waals surface area contributed by atoms with Crippen LogP contribution in [0.25, 0.3) is 10.9 Å². The maximum absolute atomic E-state index is 11.4. The molecule has 0 unspecified atom stereocenters. The number of para-hydroxylation sites is 1. The molecule has 9 heteroatoms. The number of hydrogen-bond donors (Lipinski definition) is 3. The molecular weight excluding hydrogens is 340 g/mol. The molecule has 1 fully saturated rings. The van der Waals surface area contributed by atoms with Crippen LogP contribution in [0, 0.1) is 12.3 Å². The molecule has 1 aromatic carbocycles. The molecule has 8 nitrogen and oxygen atoms in total. The molecule has 2 heterocycles. The van der Waals surface area contributed by atoms with E-state index in [0.29, 0.717) is 32.1 Å². The largest absolute Gasteiger partial charge is 0.355 e. The first kappa shape index (κ1) is 17.6. The van der Waals surface area contributed by atoms with Crippen molar-refractivity contribution in [3.63, 3.8) is 0 Å². The van der Waals surface area contributed by atoms with E-state index in [2.05, 4.69) is 25.5 Å². The molecule has 1 saturated heterocycles. The Labute approximate surface area is 147 Å². The lowest BCUT2D eigenvalue weighted by molar-refractivity contribution is 0.300. The summed E-state index contributed by atoms with van der Waals surface area (Å²) in [6.07, 6.45) is 0. The van der Waals surface area contributed by atoms with Crippen LogP contribution in [0.2, 0.25) is 0 Å². The molecule has 0 spiro atoms. The minimum Gasteiger partial charge on any atom is -0.355 e. The second-order valence-corrected chi connectivity index (χ2v) is 8.37. The van der Waals surface area contributed by atoms with Crippen LogP contribution >= 0.6 is 0 Å². The van der Waals surface area contributed by atoms with Crippen LogP contribution in [0.5, 0.6) is 0 Å². The summed E-state index contributed by atoms with van der Waals surface area (Å²) in [4.78, 5) is 10.9. The summed E-state index contributed by atoms with van der Waals surface area (Å²) < 4.78 is 22.8. The Morgan fingerprint density at radius 2 is 1.96 bits per heavy atom. The number of rotatable bonds is 4. The van der Waals surface area contributed by atoms with E-state index in [1.54, 1.807) is 0 Å². The van der Waals surface area contributed by atoms with Gasteiger partial charge in [-0.1, -0.05) is 18.2 Å². The van der Waals surface area contributed by atoms with Gasteiger partial charge in [0.2, 0.25) is 5.95 Å². The van der Waals surface area contributed by atoms with Crippen molar-refractivity contribution in [3.8, 4) is 0 Å². The molecule has 3 N–H and O–H groups in total. The van der Waals surface area contributed by atoms with Gasteiger partial charge in [0.1, 0.15) is 0 Å². The topological polar surface area (TPSA) is 111 Å². The molecule has 1 aliphatic heterocycles. The van der Waals surface area contributed by atoms with E-state index in [-0.39, 0.29) is 17.5 Å². The fourth-order valence-corrected chi connectivity index (χ4v) is 4.04. The fraction of sp³-hybridized carbons (Fsp3) is 0.438. The highest BCUT2D eigenvalue weighted by Gasteiger charge is 2.20. The van der Waals surface area contributed by atoms with Gasteiger partial charge < -0.3 is 5.32 Å². The summed E-state index contributed by atoms with van der Waals surface area (Å²) in [5, 5.41) is 14.8. The second kappa shape index (κ2) is 7.32. The van der Waals surface area contributed by atoms with Crippen LogP contribution in [0.4, 0.5) is 5.95 Å². The molecule has 25 heavy (non-hydrogen) atoms. The van der Waals surface area contributed by atoms with Crippen LogP contribution in [-0.2, 0) is 9.84 Å². The Morgan fingerprint density at radius 1 is 1.24 bits per heavy atom. The highest BCUT2D eigenvalue weighted by Crippen LogP contribution is 2.16. The molecule has 134 valence electrons. The number of guanidine groups is 1. The standard InChI is InChI=1S/C16H22N6O2S/c1-12-13-4-2-3-5-14(13)20-16(19-12)21-15(17)18-6-7-22-8-10-25(23,24)11-9-22/h2-5H,6-11H2,1H3,(H3,17,18,19,20,21). The molecule has 0 atom stereocenters. The van der Waals surface area contributed by atoms with Gasteiger partial charge in [0.15, 0.2) is 15.8 Å². The van der Waals surface area contributed by atoms with Gasteiger partial charge in [0.25, 0.3) is 0 Å². The zero-order valence-corrected chi connectivity index (χ0v) is 14.9. The Kier molecular flexibility index (Phi) is 5.14. The molecule has 1 aliphatic rings. The Morgan fingerprint density at radius 3 is 2.72 bits per heavy atom. The zero-order chi connectivity index (χ0) is 17.9. The molecular formula is C16H22N6O2S. The number of fused-ring (bicyclic) bond motifs is 1. The monoisotopic (exact) mass is 362 g/mol. The molecule has 2 aromatic rings. The molecule has 0 aliphatic carbocycles. The first-order valence-electron chi connectivity index (χ1n) is 8.18. The molecule has 0 saturated carbocycles. The number of hydrogen-bond acceptors (Lipinski definition) is 6. The van der Waals surface area contributed by atoms with Crippen LogP contribution in [0.15, 0.2) is 24.3 Å². The van der Waals surface area contributed by atoms with Crippen LogP contribution in [0.3, 0.4) is 0 Å². The zero-order valence-electron chi connectivity index (χ0n) is 14.1. The van der Waals surface area contributed by atoms with Crippen molar-refractivity contribution in [2.45, 2.75) is 6.92 Å². The van der Waals surface area contributed by atoms with E-state index in [0.717, 1.165) is 16.6 Å². The summed E-state index contributed by atoms with van der Waals surface area (Å²) in [5.41, 5.74) is 1.69. The maximum atomic E-state index is 11.4. The van der Waals surface area contributed by atoms with Crippen molar-refractivity contribution in [3.05, 3.63) is 30.0 Å². The predicted octanol–water partition coefficient (Wildman–Crippen LogP) is 0.605. The van der Waals surface area contributed by atoms with Crippen molar-refractivity contribution < 1.29 is 8.42 Å². The third kappa shape index (κ3) is 4.64. The molecule has 3 rings (SSSR count). The number of anilines is 1. The van der Waals surface area contributed by atoms with Gasteiger partial charge in [0.05, 0.1) is 22.7 Å². The number of nitrogens with zero attached hydrogens (tertiary/aromatic N) is 3. The van der Waals surface area contributed by atoms with Crippen LogP contribution in [0.1, 0.15) is 5.69 Å². The lowest BCUT2D eigenvalue weighted by Crippen LogP contribution is -2.44. The van der Waals surface area contributed by atoms with Gasteiger partial charge in [-0.3, -0.25) is 15.6 Å². The number of aromatic nitrogens is 2. The number of benzene rings is 1. The smallest absolute Gasteiger partial charge is 0.230 e. The maximum Gasteiger partial charge on any atom is 0.230 e. The minimum absolute atomic E-state index is 0.124. The Balaban J connectivity index is 1.50. The fourth-order valence-electron chi connectivity index (χ4n) is 2.76. The summed E-state index contributed by atoms with van der Waals surface area (Å²) in [6.45, 7) is 4.27. The van der Waals surface area contributed by atoms with Crippen molar-refractivity contribution >= 4 is 32.6 Å². The summed E-state index contributed by atoms with van der Waals surface area (Å²) in [5.74, 6) is 0.942. The summed E-state index contributed by atoms with van der Waals surface area (Å²) in [7, 11) is -2.85. The van der Waals surface area contributed by atoms with Gasteiger partial charge in [-0.15, -0.1) is 0 Å².